The Morgan fingerprint density at radius 2 is 2.05 bits per heavy atom. The number of aryl methyl sites for hydroxylation is 1. The molecule has 21 heavy (non-hydrogen) atoms. The Labute approximate surface area is 125 Å². The summed E-state index contributed by atoms with van der Waals surface area (Å²) in [6.07, 6.45) is 1.08. The van der Waals surface area contributed by atoms with E-state index in [2.05, 4.69) is 10.9 Å². The van der Waals surface area contributed by atoms with Gasteiger partial charge in [-0.2, -0.15) is 0 Å². The van der Waals surface area contributed by atoms with E-state index in [1.54, 1.807) is 6.92 Å². The van der Waals surface area contributed by atoms with Gasteiger partial charge >= 0.3 is 0 Å². The highest BCUT2D eigenvalue weighted by molar-refractivity contribution is 6.31. The molecule has 0 aliphatic carbocycles. The first-order valence-electron chi connectivity index (χ1n) is 6.05. The molecule has 0 saturated carbocycles. The average Bonchev–Trinajstić information content (AvgIpc) is 2.87. The number of rotatable bonds is 3. The molecule has 0 aliphatic rings. The maximum atomic E-state index is 13.5. The van der Waals surface area contributed by atoms with Crippen LogP contribution in [0.15, 0.2) is 34.9 Å². The van der Waals surface area contributed by atoms with Crippen LogP contribution in [0.2, 0.25) is 5.02 Å². The number of hydrazine groups is 1. The summed E-state index contributed by atoms with van der Waals surface area (Å²) in [5, 5.41) is 0.155. The van der Waals surface area contributed by atoms with Gasteiger partial charge in [-0.05, 0) is 25.1 Å². The molecule has 7 heteroatoms. The number of carbonyl (C=O) groups is 2. The van der Waals surface area contributed by atoms with Crippen molar-refractivity contribution in [1.82, 2.24) is 10.9 Å². The summed E-state index contributed by atoms with van der Waals surface area (Å²) >= 11 is 5.82. The molecule has 110 valence electrons. The van der Waals surface area contributed by atoms with E-state index < -0.39 is 17.6 Å². The van der Waals surface area contributed by atoms with E-state index in [1.165, 1.54) is 30.5 Å². The molecule has 0 spiro atoms. The predicted molar refractivity (Wildman–Crippen MR) is 74.2 cm³/mol. The zero-order valence-corrected chi connectivity index (χ0v) is 11.8. The maximum absolute atomic E-state index is 13.5. The molecule has 2 aromatic rings. The summed E-state index contributed by atoms with van der Waals surface area (Å²) in [6.45, 7) is 1.62. The molecule has 0 saturated heterocycles. The van der Waals surface area contributed by atoms with Crippen LogP contribution >= 0.6 is 11.6 Å². The van der Waals surface area contributed by atoms with Crippen LogP contribution in [0.5, 0.6) is 0 Å². The maximum Gasteiger partial charge on any atom is 0.273 e. The van der Waals surface area contributed by atoms with Gasteiger partial charge < -0.3 is 4.42 Å². The van der Waals surface area contributed by atoms with Crippen molar-refractivity contribution in [2.75, 3.05) is 0 Å². The summed E-state index contributed by atoms with van der Waals surface area (Å²) in [5.41, 5.74) is 4.80. The quantitative estimate of drug-likeness (QED) is 0.855. The fraction of sp³-hybridized carbons (Fsp3) is 0.143. The highest BCUT2D eigenvalue weighted by atomic mass is 35.5. The number of amides is 2. The van der Waals surface area contributed by atoms with Gasteiger partial charge in [0.25, 0.3) is 5.91 Å². The van der Waals surface area contributed by atoms with Crippen LogP contribution in [0, 0.1) is 12.7 Å². The number of halogens is 2. The third kappa shape index (κ3) is 3.61. The Hall–Kier alpha value is -2.34. The molecular weight excluding hydrogens is 299 g/mol. The molecule has 5 nitrogen and oxygen atoms in total. The summed E-state index contributed by atoms with van der Waals surface area (Å²) in [4.78, 5) is 23.4. The second-order valence-corrected chi connectivity index (χ2v) is 4.68. The predicted octanol–water partition coefficient (Wildman–Crippen LogP) is 2.38. The summed E-state index contributed by atoms with van der Waals surface area (Å²) < 4.78 is 18.5. The lowest BCUT2D eigenvalue weighted by Crippen LogP contribution is -2.42. The van der Waals surface area contributed by atoms with Gasteiger partial charge in [0.05, 0.1) is 18.2 Å². The minimum Gasteiger partial charge on any atom is -0.469 e. The van der Waals surface area contributed by atoms with Gasteiger partial charge in [0, 0.05) is 10.6 Å². The minimum atomic E-state index is -0.587. The fourth-order valence-electron chi connectivity index (χ4n) is 1.72. The average molecular weight is 311 g/mol. The first kappa shape index (κ1) is 15.1. The molecule has 2 N–H and O–H groups in total. The monoisotopic (exact) mass is 310 g/mol. The van der Waals surface area contributed by atoms with Crippen LogP contribution in [0.1, 0.15) is 21.7 Å². The Morgan fingerprint density at radius 3 is 2.67 bits per heavy atom. The first-order valence-corrected chi connectivity index (χ1v) is 6.43. The number of carbonyl (C=O) groups excluding carboxylic acids is 2. The normalized spacial score (nSPS) is 10.2. The molecule has 1 heterocycles. The second kappa shape index (κ2) is 6.41. The molecule has 0 fully saturated rings. The van der Waals surface area contributed by atoms with E-state index in [9.17, 15) is 14.0 Å². The lowest BCUT2D eigenvalue weighted by Gasteiger charge is -2.08. The largest absolute Gasteiger partial charge is 0.469 e. The zero-order valence-electron chi connectivity index (χ0n) is 11.1. The highest BCUT2D eigenvalue weighted by Crippen LogP contribution is 2.19. The molecule has 2 amide bonds. The van der Waals surface area contributed by atoms with Gasteiger partial charge in [-0.1, -0.05) is 17.7 Å². The van der Waals surface area contributed by atoms with Gasteiger partial charge in [-0.25, -0.2) is 4.39 Å². The van der Waals surface area contributed by atoms with Crippen LogP contribution in [-0.4, -0.2) is 11.8 Å². The van der Waals surface area contributed by atoms with Crippen molar-refractivity contribution in [1.29, 1.82) is 0 Å². The topological polar surface area (TPSA) is 71.3 Å². The molecule has 1 aromatic heterocycles. The smallest absolute Gasteiger partial charge is 0.273 e. The Balaban J connectivity index is 1.94. The van der Waals surface area contributed by atoms with E-state index in [-0.39, 0.29) is 17.0 Å². The Bertz CT molecular complexity index is 664. The van der Waals surface area contributed by atoms with Gasteiger partial charge in [0.1, 0.15) is 11.6 Å². The summed E-state index contributed by atoms with van der Waals surface area (Å²) in [7, 11) is 0. The Morgan fingerprint density at radius 1 is 1.29 bits per heavy atom. The third-order valence-corrected chi connectivity index (χ3v) is 3.17. The van der Waals surface area contributed by atoms with Gasteiger partial charge in [-0.15, -0.1) is 0 Å². The molecular formula is C14H12ClFN2O3. The first-order chi connectivity index (χ1) is 9.99. The molecule has 0 aliphatic heterocycles. The van der Waals surface area contributed by atoms with Crippen LogP contribution in [0.4, 0.5) is 4.39 Å². The molecule has 0 unspecified atom stereocenters. The SMILES string of the molecule is Cc1occc1C(=O)NNC(=O)Cc1c(F)cccc1Cl. The van der Waals surface area contributed by atoms with Gasteiger partial charge in [0.2, 0.25) is 5.91 Å². The molecule has 0 bridgehead atoms. The molecule has 2 rings (SSSR count). The van der Waals surface area contributed by atoms with Crippen molar-refractivity contribution < 1.29 is 18.4 Å². The molecule has 0 radical (unpaired) electrons. The summed E-state index contributed by atoms with van der Waals surface area (Å²) in [6, 6.07) is 5.62. The number of hydrogen-bond donors (Lipinski definition) is 2. The second-order valence-electron chi connectivity index (χ2n) is 4.27. The van der Waals surface area contributed by atoms with Crippen LogP contribution in [-0.2, 0) is 11.2 Å². The van der Waals surface area contributed by atoms with E-state index in [0.29, 0.717) is 11.3 Å². The lowest BCUT2D eigenvalue weighted by atomic mass is 10.1. The minimum absolute atomic E-state index is 0.0745. The highest BCUT2D eigenvalue weighted by Gasteiger charge is 2.14. The van der Waals surface area contributed by atoms with Crippen molar-refractivity contribution in [2.24, 2.45) is 0 Å². The molecule has 0 atom stereocenters. The Kier molecular flexibility index (Phi) is 4.59. The van der Waals surface area contributed by atoms with Gasteiger partial charge in [-0.3, -0.25) is 20.4 Å². The third-order valence-electron chi connectivity index (χ3n) is 2.82. The van der Waals surface area contributed by atoms with E-state index in [4.69, 9.17) is 16.0 Å². The van der Waals surface area contributed by atoms with Crippen molar-refractivity contribution >= 4 is 23.4 Å². The van der Waals surface area contributed by atoms with Crippen LogP contribution < -0.4 is 10.9 Å². The van der Waals surface area contributed by atoms with E-state index in [0.717, 1.165) is 0 Å². The zero-order chi connectivity index (χ0) is 15.4. The van der Waals surface area contributed by atoms with Crippen LogP contribution in [0.3, 0.4) is 0 Å². The number of nitrogens with one attached hydrogen (secondary N) is 2. The molecule has 1 aromatic carbocycles. The van der Waals surface area contributed by atoms with Crippen molar-refractivity contribution in [2.45, 2.75) is 13.3 Å². The number of benzene rings is 1. The van der Waals surface area contributed by atoms with Crippen molar-refractivity contribution in [3.05, 3.63) is 58.3 Å². The van der Waals surface area contributed by atoms with Gasteiger partial charge in [0.15, 0.2) is 0 Å². The van der Waals surface area contributed by atoms with Crippen molar-refractivity contribution in [3.8, 4) is 0 Å². The fourth-order valence-corrected chi connectivity index (χ4v) is 1.95. The number of hydrogen-bond acceptors (Lipinski definition) is 3. The van der Waals surface area contributed by atoms with E-state index >= 15 is 0 Å². The summed E-state index contributed by atoms with van der Waals surface area (Å²) in [5.74, 6) is -1.25. The standard InChI is InChI=1S/C14H12ClFN2O3/c1-8-9(5-6-21-8)14(20)18-17-13(19)7-10-11(15)3-2-4-12(10)16/h2-6H,7H2,1H3,(H,17,19)(H,18,20). The van der Waals surface area contributed by atoms with E-state index in [1.807, 2.05) is 0 Å². The lowest BCUT2D eigenvalue weighted by molar-refractivity contribution is -0.121. The van der Waals surface area contributed by atoms with Crippen LogP contribution in [0.25, 0.3) is 0 Å². The van der Waals surface area contributed by atoms with Crippen molar-refractivity contribution in [3.63, 3.8) is 0 Å². The number of furan rings is 1.